The third kappa shape index (κ3) is 3.72. The summed E-state index contributed by atoms with van der Waals surface area (Å²) >= 11 is 5.02. The van der Waals surface area contributed by atoms with E-state index in [2.05, 4.69) is 5.10 Å². The van der Waals surface area contributed by atoms with Crippen molar-refractivity contribution in [3.63, 3.8) is 0 Å². The molecule has 0 saturated carbocycles. The normalized spacial score (nSPS) is 11.2. The lowest BCUT2D eigenvalue weighted by atomic mass is 11.1. The highest BCUT2D eigenvalue weighted by molar-refractivity contribution is 6.62. The number of nitrogens with zero attached hydrogens (tertiary/aromatic N) is 3. The lowest BCUT2D eigenvalue weighted by molar-refractivity contribution is -0.345. The van der Waals surface area contributed by atoms with Crippen LogP contribution >= 0.6 is 11.6 Å². The molecule has 0 aromatic heterocycles. The van der Waals surface area contributed by atoms with Gasteiger partial charge in [-0.15, -0.1) is 0 Å². The Morgan fingerprint density at radius 3 is 2.33 bits per heavy atom. The van der Waals surface area contributed by atoms with Gasteiger partial charge in [-0.2, -0.15) is 0 Å². The van der Waals surface area contributed by atoms with E-state index < -0.39 is 10.2 Å². The Hall–Kier alpha value is -0.840. The van der Waals surface area contributed by atoms with Crippen LogP contribution in [-0.2, 0) is 0 Å². The summed E-state index contributed by atoms with van der Waals surface area (Å²) in [6, 6.07) is 0. The molecule has 0 amide bonds. The van der Waals surface area contributed by atoms with Gasteiger partial charge in [-0.05, 0) is 4.92 Å². The summed E-state index contributed by atoms with van der Waals surface area (Å²) < 4.78 is 0. The lowest BCUT2D eigenvalue weighted by Crippen LogP contribution is -2.11. The van der Waals surface area contributed by atoms with E-state index in [1.54, 1.807) is 14.1 Å². The fourth-order valence-corrected chi connectivity index (χ4v) is 0.353. The molecule has 0 radical (unpaired) electrons. The first kappa shape index (κ1) is 8.16. The zero-order chi connectivity index (χ0) is 7.44. The highest BCUT2D eigenvalue weighted by Crippen LogP contribution is 1.87. The van der Waals surface area contributed by atoms with E-state index in [-0.39, 0.29) is 0 Å². The van der Waals surface area contributed by atoms with Crippen LogP contribution in [0, 0.1) is 10.1 Å². The van der Waals surface area contributed by atoms with Gasteiger partial charge in [0.15, 0.2) is 0 Å². The minimum atomic E-state index is -0.762. The zero-order valence-corrected chi connectivity index (χ0v) is 5.79. The van der Waals surface area contributed by atoms with Gasteiger partial charge in [-0.1, -0.05) is 0 Å². The molecule has 0 spiro atoms. The molecule has 0 aliphatic rings. The first-order valence-electron chi connectivity index (χ1n) is 2.10. The number of nitro groups is 1. The molecule has 6 heteroatoms. The molecule has 0 atom stereocenters. The average molecular weight is 152 g/mol. The number of halogens is 1. The maximum atomic E-state index is 9.75. The molecule has 0 rings (SSSR count). The van der Waals surface area contributed by atoms with Crippen molar-refractivity contribution in [3.8, 4) is 0 Å². The van der Waals surface area contributed by atoms with E-state index in [1.165, 1.54) is 5.01 Å². The standard InChI is InChI=1S/C3H6ClN3O2/c1-6(2)5-3(4)7(8)9/h1-2H3. The quantitative estimate of drug-likeness (QED) is 0.178. The van der Waals surface area contributed by atoms with Crippen molar-refractivity contribution in [2.45, 2.75) is 0 Å². The first-order valence-corrected chi connectivity index (χ1v) is 2.47. The van der Waals surface area contributed by atoms with Crippen LogP contribution in [0.1, 0.15) is 0 Å². The van der Waals surface area contributed by atoms with Gasteiger partial charge in [0.2, 0.25) is 0 Å². The first-order chi connectivity index (χ1) is 4.04. The Balaban J connectivity index is 4.00. The smallest absolute Gasteiger partial charge is 0.357 e. The highest BCUT2D eigenvalue weighted by atomic mass is 35.5. The number of hydrogen-bond donors (Lipinski definition) is 0. The van der Waals surface area contributed by atoms with Gasteiger partial charge in [0, 0.05) is 25.7 Å². The van der Waals surface area contributed by atoms with Gasteiger partial charge >= 0.3 is 5.29 Å². The Labute approximate surface area is 57.1 Å². The van der Waals surface area contributed by atoms with Crippen LogP contribution < -0.4 is 0 Å². The van der Waals surface area contributed by atoms with Crippen LogP contribution in [0.15, 0.2) is 5.10 Å². The summed E-state index contributed by atoms with van der Waals surface area (Å²) in [6.45, 7) is 0. The van der Waals surface area contributed by atoms with E-state index in [9.17, 15) is 10.1 Å². The number of rotatable bonds is 1. The fourth-order valence-electron chi connectivity index (χ4n) is 0.202. The van der Waals surface area contributed by atoms with Crippen molar-refractivity contribution in [2.75, 3.05) is 14.1 Å². The van der Waals surface area contributed by atoms with Crippen LogP contribution in [0.25, 0.3) is 0 Å². The van der Waals surface area contributed by atoms with Gasteiger partial charge in [0.1, 0.15) is 0 Å². The highest BCUT2D eigenvalue weighted by Gasteiger charge is 2.06. The van der Waals surface area contributed by atoms with Crippen molar-refractivity contribution < 1.29 is 4.92 Å². The van der Waals surface area contributed by atoms with Gasteiger partial charge in [0.25, 0.3) is 0 Å². The SMILES string of the molecule is CN(C)N=C(Cl)[N+](=O)[O-]. The summed E-state index contributed by atoms with van der Waals surface area (Å²) in [4.78, 5) is 8.99. The summed E-state index contributed by atoms with van der Waals surface area (Å²) in [5, 5.41) is 13.7. The largest absolute Gasteiger partial charge is 0.459 e. The molecule has 0 aliphatic carbocycles. The summed E-state index contributed by atoms with van der Waals surface area (Å²) in [7, 11) is 3.10. The molecular formula is C3H6ClN3O2. The summed E-state index contributed by atoms with van der Waals surface area (Å²) in [5.41, 5.74) is 0. The molecule has 0 heterocycles. The van der Waals surface area contributed by atoms with Crippen molar-refractivity contribution in [1.82, 2.24) is 5.01 Å². The summed E-state index contributed by atoms with van der Waals surface area (Å²) in [6.07, 6.45) is 0. The minimum Gasteiger partial charge on any atom is -0.357 e. The van der Waals surface area contributed by atoms with E-state index in [1.807, 2.05) is 0 Å². The third-order valence-corrected chi connectivity index (χ3v) is 0.647. The van der Waals surface area contributed by atoms with E-state index in [0.717, 1.165) is 0 Å². The van der Waals surface area contributed by atoms with Gasteiger partial charge < -0.3 is 10.1 Å². The second kappa shape index (κ2) is 3.24. The monoisotopic (exact) mass is 151 g/mol. The Bertz CT molecular complexity index is 144. The Morgan fingerprint density at radius 2 is 2.22 bits per heavy atom. The molecule has 0 N–H and O–H groups in total. The van der Waals surface area contributed by atoms with Crippen molar-refractivity contribution in [2.24, 2.45) is 5.10 Å². The Morgan fingerprint density at radius 1 is 1.78 bits per heavy atom. The predicted molar refractivity (Wildman–Crippen MR) is 34.0 cm³/mol. The molecule has 0 bridgehead atoms. The van der Waals surface area contributed by atoms with Gasteiger partial charge in [-0.3, -0.25) is 0 Å². The molecule has 0 fully saturated rings. The van der Waals surface area contributed by atoms with E-state index >= 15 is 0 Å². The fraction of sp³-hybridized carbons (Fsp3) is 0.667. The molecule has 52 valence electrons. The van der Waals surface area contributed by atoms with E-state index in [4.69, 9.17) is 11.6 Å². The maximum Gasteiger partial charge on any atom is 0.459 e. The Kier molecular flexibility index (Phi) is 2.94. The van der Waals surface area contributed by atoms with Crippen molar-refractivity contribution in [3.05, 3.63) is 10.1 Å². The molecule has 0 unspecified atom stereocenters. The molecular weight excluding hydrogens is 146 g/mol. The number of hydrazone groups is 1. The van der Waals surface area contributed by atoms with Gasteiger partial charge in [0.05, 0.1) is 5.10 Å². The molecule has 0 aromatic rings. The van der Waals surface area contributed by atoms with Crippen LogP contribution in [-0.4, -0.2) is 29.3 Å². The maximum absolute atomic E-state index is 9.75. The van der Waals surface area contributed by atoms with Crippen LogP contribution in [0.3, 0.4) is 0 Å². The third-order valence-electron chi connectivity index (χ3n) is 0.433. The molecule has 0 aliphatic heterocycles. The van der Waals surface area contributed by atoms with Gasteiger partial charge in [-0.25, -0.2) is 5.01 Å². The van der Waals surface area contributed by atoms with Crippen molar-refractivity contribution in [1.29, 1.82) is 0 Å². The molecule has 0 aromatic carbocycles. The predicted octanol–water partition coefficient (Wildman–Crippen LogP) is 0.334. The topological polar surface area (TPSA) is 58.7 Å². The number of amidine groups is 1. The second-order valence-electron chi connectivity index (χ2n) is 1.47. The average Bonchev–Trinajstić information content (AvgIpc) is 1.63. The molecule has 9 heavy (non-hydrogen) atoms. The van der Waals surface area contributed by atoms with Crippen LogP contribution in [0.2, 0.25) is 0 Å². The zero-order valence-electron chi connectivity index (χ0n) is 5.04. The molecule has 0 saturated heterocycles. The number of hydrogen-bond acceptors (Lipinski definition) is 4. The summed E-state index contributed by atoms with van der Waals surface area (Å²) in [5.74, 6) is 0. The molecule has 5 nitrogen and oxygen atoms in total. The van der Waals surface area contributed by atoms with Crippen molar-refractivity contribution >= 4 is 16.9 Å². The second-order valence-corrected chi connectivity index (χ2v) is 1.81. The minimum absolute atomic E-state index is 0.625. The van der Waals surface area contributed by atoms with Crippen LogP contribution in [0.5, 0.6) is 0 Å². The van der Waals surface area contributed by atoms with Crippen LogP contribution in [0.4, 0.5) is 0 Å². The lowest BCUT2D eigenvalue weighted by Gasteiger charge is -1.93. The van der Waals surface area contributed by atoms with E-state index in [0.29, 0.717) is 0 Å².